The van der Waals surface area contributed by atoms with E-state index in [1.165, 1.54) is 14.2 Å². The Morgan fingerprint density at radius 2 is 1.96 bits per heavy atom. The predicted molar refractivity (Wildman–Crippen MR) is 89.7 cm³/mol. The number of rotatable bonds is 9. The SMILES string of the molecule is CCCCNC(=O)CN(c1ccc(OC)cc1OC)S(C)(=O)=O. The van der Waals surface area contributed by atoms with Crippen molar-refractivity contribution < 1.29 is 22.7 Å². The molecular formula is C15H24N2O5S. The first-order valence-electron chi connectivity index (χ1n) is 7.30. The summed E-state index contributed by atoms with van der Waals surface area (Å²) in [6, 6.07) is 4.74. The molecule has 130 valence electrons. The molecule has 1 aromatic carbocycles. The number of benzene rings is 1. The van der Waals surface area contributed by atoms with Crippen LogP contribution < -0.4 is 19.1 Å². The minimum atomic E-state index is -3.64. The maximum absolute atomic E-state index is 12.1. The molecule has 0 saturated heterocycles. The number of nitrogens with zero attached hydrogens (tertiary/aromatic N) is 1. The van der Waals surface area contributed by atoms with E-state index in [1.54, 1.807) is 18.2 Å². The van der Waals surface area contributed by atoms with E-state index >= 15 is 0 Å². The average Bonchev–Trinajstić information content (AvgIpc) is 2.51. The van der Waals surface area contributed by atoms with Gasteiger partial charge in [0.2, 0.25) is 15.9 Å². The molecule has 7 nitrogen and oxygen atoms in total. The van der Waals surface area contributed by atoms with Gasteiger partial charge in [-0.05, 0) is 18.6 Å². The second kappa shape index (κ2) is 8.61. The molecule has 0 aliphatic rings. The molecule has 0 unspecified atom stereocenters. The molecular weight excluding hydrogens is 320 g/mol. The molecule has 0 radical (unpaired) electrons. The zero-order chi connectivity index (χ0) is 17.5. The van der Waals surface area contributed by atoms with Gasteiger partial charge in [0.05, 0.1) is 26.2 Å². The molecule has 8 heteroatoms. The minimum absolute atomic E-state index is 0.293. The zero-order valence-corrected chi connectivity index (χ0v) is 14.8. The number of hydrogen-bond acceptors (Lipinski definition) is 5. The lowest BCUT2D eigenvalue weighted by Crippen LogP contribution is -2.40. The number of ether oxygens (including phenoxy) is 2. The van der Waals surface area contributed by atoms with Crippen LogP contribution >= 0.6 is 0 Å². The normalized spacial score (nSPS) is 11.0. The Hall–Kier alpha value is -1.96. The van der Waals surface area contributed by atoms with E-state index in [0.29, 0.717) is 23.7 Å². The fourth-order valence-electron chi connectivity index (χ4n) is 1.96. The first-order valence-corrected chi connectivity index (χ1v) is 9.14. The summed E-state index contributed by atoms with van der Waals surface area (Å²) in [5, 5.41) is 2.71. The van der Waals surface area contributed by atoms with Gasteiger partial charge in [0.1, 0.15) is 18.0 Å². The van der Waals surface area contributed by atoms with Gasteiger partial charge in [0.15, 0.2) is 0 Å². The minimum Gasteiger partial charge on any atom is -0.497 e. The first-order chi connectivity index (χ1) is 10.8. The maximum atomic E-state index is 12.1. The lowest BCUT2D eigenvalue weighted by molar-refractivity contribution is -0.119. The fourth-order valence-corrected chi connectivity index (χ4v) is 2.82. The van der Waals surface area contributed by atoms with Crippen molar-refractivity contribution in [1.29, 1.82) is 0 Å². The van der Waals surface area contributed by atoms with Gasteiger partial charge in [0, 0.05) is 12.6 Å². The van der Waals surface area contributed by atoms with Crippen LogP contribution in [0.2, 0.25) is 0 Å². The third kappa shape index (κ3) is 5.63. The Morgan fingerprint density at radius 1 is 1.26 bits per heavy atom. The summed E-state index contributed by atoms with van der Waals surface area (Å²) in [6.07, 6.45) is 2.84. The molecule has 0 heterocycles. The van der Waals surface area contributed by atoms with E-state index in [-0.39, 0.29) is 12.5 Å². The molecule has 1 N–H and O–H groups in total. The van der Waals surface area contributed by atoms with Crippen LogP contribution in [0.15, 0.2) is 18.2 Å². The highest BCUT2D eigenvalue weighted by Gasteiger charge is 2.24. The summed E-state index contributed by atoms with van der Waals surface area (Å²) in [6.45, 7) is 2.23. The van der Waals surface area contributed by atoms with Crippen LogP contribution in [0, 0.1) is 0 Å². The number of carbonyl (C=O) groups is 1. The number of carbonyl (C=O) groups excluding carboxylic acids is 1. The lowest BCUT2D eigenvalue weighted by atomic mass is 10.2. The van der Waals surface area contributed by atoms with Crippen molar-refractivity contribution in [3.63, 3.8) is 0 Å². The van der Waals surface area contributed by atoms with E-state index in [9.17, 15) is 13.2 Å². The Morgan fingerprint density at radius 3 is 2.48 bits per heavy atom. The van der Waals surface area contributed by atoms with Crippen LogP contribution in [-0.4, -0.2) is 47.9 Å². The molecule has 0 saturated carbocycles. The fraction of sp³-hybridized carbons (Fsp3) is 0.533. The van der Waals surface area contributed by atoms with Crippen molar-refractivity contribution in [2.24, 2.45) is 0 Å². The number of anilines is 1. The third-order valence-electron chi connectivity index (χ3n) is 3.20. The van der Waals surface area contributed by atoms with E-state index in [0.717, 1.165) is 23.4 Å². The summed E-state index contributed by atoms with van der Waals surface area (Å²) >= 11 is 0. The van der Waals surface area contributed by atoms with E-state index in [2.05, 4.69) is 5.32 Å². The van der Waals surface area contributed by atoms with Crippen molar-refractivity contribution >= 4 is 21.6 Å². The van der Waals surface area contributed by atoms with Crippen LogP contribution in [0.25, 0.3) is 0 Å². The van der Waals surface area contributed by atoms with Crippen molar-refractivity contribution in [3.8, 4) is 11.5 Å². The van der Waals surface area contributed by atoms with Gasteiger partial charge in [-0.25, -0.2) is 8.42 Å². The average molecular weight is 344 g/mol. The number of methoxy groups -OCH3 is 2. The van der Waals surface area contributed by atoms with Crippen LogP contribution in [-0.2, 0) is 14.8 Å². The van der Waals surface area contributed by atoms with Crippen molar-refractivity contribution in [2.45, 2.75) is 19.8 Å². The largest absolute Gasteiger partial charge is 0.497 e. The summed E-state index contributed by atoms with van der Waals surface area (Å²) in [5.74, 6) is 0.490. The van der Waals surface area contributed by atoms with Crippen molar-refractivity contribution in [3.05, 3.63) is 18.2 Å². The molecule has 0 aromatic heterocycles. The molecule has 1 rings (SSSR count). The Balaban J connectivity index is 3.06. The standard InChI is InChI=1S/C15H24N2O5S/c1-5-6-9-16-15(18)11-17(23(4,19)20)13-8-7-12(21-2)10-14(13)22-3/h7-8,10H,5-6,9,11H2,1-4H3,(H,16,18). The van der Waals surface area contributed by atoms with Crippen LogP contribution in [0.1, 0.15) is 19.8 Å². The quantitative estimate of drug-likeness (QED) is 0.684. The predicted octanol–water partition coefficient (Wildman–Crippen LogP) is 1.39. The number of amides is 1. The van der Waals surface area contributed by atoms with Gasteiger partial charge in [-0.1, -0.05) is 13.3 Å². The zero-order valence-electron chi connectivity index (χ0n) is 14.0. The van der Waals surface area contributed by atoms with Crippen molar-refractivity contribution in [1.82, 2.24) is 5.32 Å². The van der Waals surface area contributed by atoms with E-state index in [1.807, 2.05) is 6.92 Å². The molecule has 1 amide bonds. The van der Waals surface area contributed by atoms with Crippen LogP contribution in [0.3, 0.4) is 0 Å². The Bertz CT molecular complexity index is 631. The third-order valence-corrected chi connectivity index (χ3v) is 4.32. The highest BCUT2D eigenvalue weighted by molar-refractivity contribution is 7.92. The smallest absolute Gasteiger partial charge is 0.240 e. The number of unbranched alkanes of at least 4 members (excludes halogenated alkanes) is 1. The van der Waals surface area contributed by atoms with E-state index in [4.69, 9.17) is 9.47 Å². The molecule has 1 aromatic rings. The van der Waals surface area contributed by atoms with Gasteiger partial charge in [0.25, 0.3) is 0 Å². The Labute approximate surface area is 137 Å². The topological polar surface area (TPSA) is 84.9 Å². The summed E-state index contributed by atoms with van der Waals surface area (Å²) in [5.41, 5.74) is 0.293. The second-order valence-electron chi connectivity index (χ2n) is 5.01. The molecule has 0 aliphatic carbocycles. The Kier molecular flexibility index (Phi) is 7.15. The maximum Gasteiger partial charge on any atom is 0.240 e. The van der Waals surface area contributed by atoms with Gasteiger partial charge >= 0.3 is 0 Å². The lowest BCUT2D eigenvalue weighted by Gasteiger charge is -2.24. The molecule has 0 aliphatic heterocycles. The molecule has 23 heavy (non-hydrogen) atoms. The molecule has 0 atom stereocenters. The van der Waals surface area contributed by atoms with Crippen LogP contribution in [0.4, 0.5) is 5.69 Å². The molecule has 0 spiro atoms. The first kappa shape index (κ1) is 19.1. The number of hydrogen-bond donors (Lipinski definition) is 1. The van der Waals surface area contributed by atoms with Crippen LogP contribution in [0.5, 0.6) is 11.5 Å². The highest BCUT2D eigenvalue weighted by atomic mass is 32.2. The monoisotopic (exact) mass is 344 g/mol. The summed E-state index contributed by atoms with van der Waals surface area (Å²) in [7, 11) is -0.710. The van der Waals surface area contributed by atoms with Crippen molar-refractivity contribution in [2.75, 3.05) is 37.9 Å². The van der Waals surface area contributed by atoms with Gasteiger partial charge in [-0.2, -0.15) is 0 Å². The van der Waals surface area contributed by atoms with Gasteiger partial charge < -0.3 is 14.8 Å². The second-order valence-corrected chi connectivity index (χ2v) is 6.92. The number of sulfonamides is 1. The summed E-state index contributed by atoms with van der Waals surface area (Å²) < 4.78 is 35.5. The summed E-state index contributed by atoms with van der Waals surface area (Å²) in [4.78, 5) is 12.0. The van der Waals surface area contributed by atoms with Gasteiger partial charge in [-0.15, -0.1) is 0 Å². The van der Waals surface area contributed by atoms with Gasteiger partial charge in [-0.3, -0.25) is 9.10 Å². The molecule has 0 fully saturated rings. The number of nitrogens with one attached hydrogen (secondary N) is 1. The molecule has 0 bridgehead atoms. The highest BCUT2D eigenvalue weighted by Crippen LogP contribution is 2.33. The van der Waals surface area contributed by atoms with E-state index < -0.39 is 10.0 Å².